The molecule has 6 nitrogen and oxygen atoms in total. The van der Waals surface area contributed by atoms with Crippen molar-refractivity contribution in [1.29, 1.82) is 0 Å². The molecule has 0 radical (unpaired) electrons. The lowest BCUT2D eigenvalue weighted by atomic mass is 10.2. The van der Waals surface area contributed by atoms with E-state index in [9.17, 15) is 13.6 Å². The van der Waals surface area contributed by atoms with Crippen molar-refractivity contribution in [3.8, 4) is 0 Å². The Labute approximate surface area is 94.0 Å². The molecule has 0 unspecified atom stereocenters. The summed E-state index contributed by atoms with van der Waals surface area (Å²) in [5, 5.41) is 9.15. The zero-order valence-electron chi connectivity index (χ0n) is 8.72. The van der Waals surface area contributed by atoms with Crippen LogP contribution in [0.4, 0.5) is 14.6 Å². The summed E-state index contributed by atoms with van der Waals surface area (Å²) in [6.45, 7) is 1.18. The van der Waals surface area contributed by atoms with E-state index in [1.54, 1.807) is 0 Å². The van der Waals surface area contributed by atoms with Gasteiger partial charge in [-0.05, 0) is 13.0 Å². The third-order valence-corrected chi connectivity index (χ3v) is 2.35. The van der Waals surface area contributed by atoms with Gasteiger partial charge < -0.3 is 15.6 Å². The van der Waals surface area contributed by atoms with Crippen molar-refractivity contribution in [3.05, 3.63) is 34.3 Å². The third-order valence-electron chi connectivity index (χ3n) is 2.35. The summed E-state index contributed by atoms with van der Waals surface area (Å²) in [5.41, 5.74) is 4.26. The lowest BCUT2D eigenvalue weighted by Crippen LogP contribution is -2.36. The third kappa shape index (κ3) is 1.61. The number of aliphatic hydroxyl groups excluding tert-OH is 1. The first-order valence-electron chi connectivity index (χ1n) is 4.63. The van der Waals surface area contributed by atoms with E-state index < -0.39 is 23.6 Å². The fourth-order valence-corrected chi connectivity index (χ4v) is 1.48. The molecule has 0 aromatic carbocycles. The highest BCUT2D eigenvalue weighted by Gasteiger charge is 2.54. The van der Waals surface area contributed by atoms with E-state index in [1.165, 1.54) is 13.0 Å². The van der Waals surface area contributed by atoms with Gasteiger partial charge in [0.1, 0.15) is 11.6 Å². The molecule has 0 aliphatic carbocycles. The predicted octanol–water partition coefficient (Wildman–Crippen LogP) is 0.779. The van der Waals surface area contributed by atoms with E-state index in [0.717, 1.165) is 6.20 Å². The Hall–Kier alpha value is -2.12. The maximum Gasteiger partial charge on any atom is 0.362 e. The van der Waals surface area contributed by atoms with Crippen LogP contribution in [0.1, 0.15) is 13.2 Å². The number of aromatic nitrogens is 2. The van der Waals surface area contributed by atoms with Crippen LogP contribution >= 0.6 is 0 Å². The average Bonchev–Trinajstić information content (AvgIpc) is 2.43. The van der Waals surface area contributed by atoms with Crippen molar-refractivity contribution >= 4 is 5.82 Å². The largest absolute Gasteiger partial charge is 0.504 e. The lowest BCUT2D eigenvalue weighted by Gasteiger charge is -2.20. The van der Waals surface area contributed by atoms with Crippen LogP contribution in [0.2, 0.25) is 0 Å². The van der Waals surface area contributed by atoms with Crippen LogP contribution in [0.15, 0.2) is 28.6 Å². The van der Waals surface area contributed by atoms with Crippen LogP contribution in [0.25, 0.3) is 0 Å². The standard InChI is InChI=1S/C9H9F2N3O3/c1-4-6(15)9(10,11)7(17-4)14-3-2-5(12)13-8(14)16/h2-3,7,15H,1H3,(H2,12,13,16)/t7-/m1/s1. The average molecular weight is 245 g/mol. The number of anilines is 1. The van der Waals surface area contributed by atoms with Gasteiger partial charge in [-0.2, -0.15) is 13.8 Å². The summed E-state index contributed by atoms with van der Waals surface area (Å²) in [6.07, 6.45) is -0.905. The molecule has 2 heterocycles. The Kier molecular flexibility index (Phi) is 2.30. The topological polar surface area (TPSA) is 90.4 Å². The van der Waals surface area contributed by atoms with Gasteiger partial charge in [-0.1, -0.05) is 0 Å². The molecule has 2 rings (SSSR count). The van der Waals surface area contributed by atoms with E-state index in [0.29, 0.717) is 4.57 Å². The van der Waals surface area contributed by atoms with Gasteiger partial charge in [0.2, 0.25) is 5.76 Å². The van der Waals surface area contributed by atoms with Gasteiger partial charge in [0.15, 0.2) is 0 Å². The molecular formula is C9H9F2N3O3. The molecule has 17 heavy (non-hydrogen) atoms. The second-order valence-electron chi connectivity index (χ2n) is 3.54. The Bertz CT molecular complexity index is 553. The fourth-order valence-electron chi connectivity index (χ4n) is 1.48. The van der Waals surface area contributed by atoms with Gasteiger partial charge >= 0.3 is 11.6 Å². The number of halogens is 2. The molecule has 1 aliphatic heterocycles. The van der Waals surface area contributed by atoms with Gasteiger partial charge in [0, 0.05) is 6.20 Å². The number of nitrogen functional groups attached to an aromatic ring is 1. The normalized spacial score (nSPS) is 22.6. The van der Waals surface area contributed by atoms with Crippen molar-refractivity contribution in [3.63, 3.8) is 0 Å². The summed E-state index contributed by atoms with van der Waals surface area (Å²) >= 11 is 0. The number of rotatable bonds is 1. The van der Waals surface area contributed by atoms with Crippen LogP contribution in [0, 0.1) is 0 Å². The Morgan fingerprint density at radius 2 is 2.29 bits per heavy atom. The van der Waals surface area contributed by atoms with Crippen molar-refractivity contribution < 1.29 is 18.6 Å². The van der Waals surface area contributed by atoms with Crippen molar-refractivity contribution in [2.24, 2.45) is 0 Å². The van der Waals surface area contributed by atoms with Crippen LogP contribution in [-0.4, -0.2) is 20.6 Å². The molecule has 0 saturated heterocycles. The molecule has 1 aromatic heterocycles. The van der Waals surface area contributed by atoms with E-state index in [1.807, 2.05) is 0 Å². The zero-order valence-corrected chi connectivity index (χ0v) is 8.72. The fraction of sp³-hybridized carbons (Fsp3) is 0.333. The van der Waals surface area contributed by atoms with Gasteiger partial charge in [-0.15, -0.1) is 0 Å². The van der Waals surface area contributed by atoms with E-state index in [2.05, 4.69) is 4.98 Å². The number of alkyl halides is 2. The number of hydrogen-bond acceptors (Lipinski definition) is 5. The summed E-state index contributed by atoms with van der Waals surface area (Å²) < 4.78 is 32.5. The van der Waals surface area contributed by atoms with E-state index >= 15 is 0 Å². The molecule has 0 spiro atoms. The van der Waals surface area contributed by atoms with Crippen molar-refractivity contribution in [2.75, 3.05) is 5.73 Å². The van der Waals surface area contributed by atoms with E-state index in [4.69, 9.17) is 15.6 Å². The number of nitrogens with two attached hydrogens (primary N) is 1. The molecule has 0 fully saturated rings. The quantitative estimate of drug-likeness (QED) is 0.762. The molecule has 0 amide bonds. The highest BCUT2D eigenvalue weighted by atomic mass is 19.3. The highest BCUT2D eigenvalue weighted by molar-refractivity contribution is 5.24. The van der Waals surface area contributed by atoms with Gasteiger partial charge in [0.25, 0.3) is 6.23 Å². The van der Waals surface area contributed by atoms with Crippen LogP contribution in [0.5, 0.6) is 0 Å². The molecule has 0 bridgehead atoms. The van der Waals surface area contributed by atoms with Gasteiger partial charge in [0.05, 0.1) is 0 Å². The summed E-state index contributed by atoms with van der Waals surface area (Å²) in [5.74, 6) is -5.28. The molecule has 3 N–H and O–H groups in total. The smallest absolute Gasteiger partial charge is 0.362 e. The predicted molar refractivity (Wildman–Crippen MR) is 53.3 cm³/mol. The molecule has 1 aliphatic rings. The van der Waals surface area contributed by atoms with Crippen LogP contribution in [-0.2, 0) is 4.74 Å². The minimum atomic E-state index is -3.67. The second kappa shape index (κ2) is 3.44. The first-order valence-corrected chi connectivity index (χ1v) is 4.63. The van der Waals surface area contributed by atoms with Gasteiger partial charge in [-0.3, -0.25) is 4.57 Å². The summed E-state index contributed by atoms with van der Waals surface area (Å²) in [4.78, 5) is 14.7. The zero-order chi connectivity index (χ0) is 12.8. The maximum absolute atomic E-state index is 13.6. The van der Waals surface area contributed by atoms with E-state index in [-0.39, 0.29) is 11.6 Å². The first kappa shape index (κ1) is 11.4. The number of hydrogen-bond donors (Lipinski definition) is 2. The van der Waals surface area contributed by atoms with Crippen LogP contribution < -0.4 is 11.4 Å². The number of aliphatic hydroxyl groups is 1. The number of ether oxygens (including phenoxy) is 1. The lowest BCUT2D eigenvalue weighted by molar-refractivity contribution is -0.115. The SMILES string of the molecule is CC1=C(O)C(F)(F)[C@H](n2ccc(N)nc2=O)O1. The summed E-state index contributed by atoms with van der Waals surface area (Å²) in [6, 6.07) is 1.19. The van der Waals surface area contributed by atoms with Crippen molar-refractivity contribution in [2.45, 2.75) is 19.1 Å². The molecular weight excluding hydrogens is 236 g/mol. The monoisotopic (exact) mass is 245 g/mol. The highest BCUT2D eigenvalue weighted by Crippen LogP contribution is 2.43. The molecule has 1 aromatic rings. The molecule has 8 heteroatoms. The second-order valence-corrected chi connectivity index (χ2v) is 3.54. The maximum atomic E-state index is 13.6. The van der Waals surface area contributed by atoms with Crippen molar-refractivity contribution in [1.82, 2.24) is 9.55 Å². The first-order chi connectivity index (χ1) is 7.84. The molecule has 1 atom stereocenters. The minimum Gasteiger partial charge on any atom is -0.504 e. The Balaban J connectivity index is 2.48. The van der Waals surface area contributed by atoms with Crippen LogP contribution in [0.3, 0.4) is 0 Å². The molecule has 0 saturated carbocycles. The Morgan fingerprint density at radius 3 is 2.76 bits per heavy atom. The van der Waals surface area contributed by atoms with Gasteiger partial charge in [-0.25, -0.2) is 4.79 Å². The minimum absolute atomic E-state index is 0.0820. The number of allylic oxidation sites excluding steroid dienone is 1. The summed E-state index contributed by atoms with van der Waals surface area (Å²) in [7, 11) is 0. The number of nitrogens with zero attached hydrogens (tertiary/aromatic N) is 2. The Morgan fingerprint density at radius 1 is 1.65 bits per heavy atom. The molecule has 92 valence electrons.